The van der Waals surface area contributed by atoms with Gasteiger partial charge in [-0.15, -0.1) is 0 Å². The fourth-order valence-electron chi connectivity index (χ4n) is 4.51. The van der Waals surface area contributed by atoms with E-state index in [1.54, 1.807) is 0 Å². The molecule has 0 spiro atoms. The van der Waals surface area contributed by atoms with E-state index in [-0.39, 0.29) is 6.10 Å². The summed E-state index contributed by atoms with van der Waals surface area (Å²) in [5.74, 6) is 0.596. The van der Waals surface area contributed by atoms with Crippen LogP contribution in [0.25, 0.3) is 33.3 Å². The molecule has 5 heterocycles. The van der Waals surface area contributed by atoms with E-state index in [0.717, 1.165) is 59.2 Å². The van der Waals surface area contributed by atoms with E-state index in [2.05, 4.69) is 43.4 Å². The number of hydrogen-bond donors (Lipinski definition) is 2. The lowest BCUT2D eigenvalue weighted by atomic mass is 10.0. The highest BCUT2D eigenvalue weighted by Crippen LogP contribution is 2.34. The van der Waals surface area contributed by atoms with E-state index in [4.69, 9.17) is 9.47 Å². The standard InChI is InChI=1S/C25H24N6O2/c26-9-17-7-16(1-2-24(17)33-21-14-32-15-21)23-12-29-25-22(23)8-18(10-28-25)19-11-30-31(13-19)20-3-5-27-6-4-20/h1-2,7-8,10-13,20-21,27H,3-6,14-15H2,(H,28,29). The molecule has 0 bridgehead atoms. The normalized spacial score (nSPS) is 17.1. The second-order valence-corrected chi connectivity index (χ2v) is 8.61. The number of hydrogen-bond acceptors (Lipinski definition) is 6. The van der Waals surface area contributed by atoms with Crippen LogP contribution in [0.3, 0.4) is 0 Å². The van der Waals surface area contributed by atoms with Gasteiger partial charge in [-0.3, -0.25) is 4.68 Å². The van der Waals surface area contributed by atoms with Crippen LogP contribution in [0.15, 0.2) is 49.1 Å². The van der Waals surface area contributed by atoms with Crippen LogP contribution in [0.1, 0.15) is 24.4 Å². The second kappa shape index (κ2) is 8.35. The second-order valence-electron chi connectivity index (χ2n) is 8.61. The van der Waals surface area contributed by atoms with Crippen LogP contribution in [-0.4, -0.2) is 52.2 Å². The van der Waals surface area contributed by atoms with Gasteiger partial charge < -0.3 is 19.8 Å². The van der Waals surface area contributed by atoms with E-state index in [1.165, 1.54) is 0 Å². The monoisotopic (exact) mass is 440 g/mol. The third-order valence-corrected chi connectivity index (χ3v) is 6.46. The number of piperidine rings is 1. The summed E-state index contributed by atoms with van der Waals surface area (Å²) in [5.41, 5.74) is 5.35. The van der Waals surface area contributed by atoms with E-state index in [1.807, 2.05) is 36.8 Å². The number of H-pyrrole nitrogens is 1. The Morgan fingerprint density at radius 3 is 2.76 bits per heavy atom. The van der Waals surface area contributed by atoms with E-state index >= 15 is 0 Å². The maximum absolute atomic E-state index is 9.67. The minimum atomic E-state index is 0.0218. The van der Waals surface area contributed by atoms with Gasteiger partial charge in [0.05, 0.1) is 31.0 Å². The Morgan fingerprint density at radius 1 is 1.09 bits per heavy atom. The molecule has 2 fully saturated rings. The molecule has 0 atom stereocenters. The highest BCUT2D eigenvalue weighted by atomic mass is 16.6. The summed E-state index contributed by atoms with van der Waals surface area (Å²) in [6.45, 7) is 3.20. The molecule has 33 heavy (non-hydrogen) atoms. The summed E-state index contributed by atoms with van der Waals surface area (Å²) in [7, 11) is 0. The third kappa shape index (κ3) is 3.75. The molecule has 8 nitrogen and oxygen atoms in total. The predicted octanol–water partition coefficient (Wildman–Crippen LogP) is 3.67. The zero-order valence-corrected chi connectivity index (χ0v) is 18.1. The molecule has 2 N–H and O–H groups in total. The maximum atomic E-state index is 9.67. The van der Waals surface area contributed by atoms with Crippen molar-refractivity contribution in [2.45, 2.75) is 25.0 Å². The van der Waals surface area contributed by atoms with Gasteiger partial charge in [0.1, 0.15) is 23.6 Å². The average Bonchev–Trinajstić information content (AvgIpc) is 3.49. The first-order valence-electron chi connectivity index (χ1n) is 11.3. The minimum absolute atomic E-state index is 0.0218. The Hall–Kier alpha value is -3.67. The van der Waals surface area contributed by atoms with Crippen molar-refractivity contribution in [1.29, 1.82) is 5.26 Å². The third-order valence-electron chi connectivity index (χ3n) is 6.46. The Kier molecular flexibility index (Phi) is 5.06. The lowest BCUT2D eigenvalue weighted by molar-refractivity contribution is -0.0797. The van der Waals surface area contributed by atoms with Crippen molar-refractivity contribution in [3.05, 3.63) is 54.6 Å². The summed E-state index contributed by atoms with van der Waals surface area (Å²) in [6.07, 6.45) is 10.1. The van der Waals surface area contributed by atoms with Crippen molar-refractivity contribution < 1.29 is 9.47 Å². The lowest BCUT2D eigenvalue weighted by Gasteiger charge is -2.27. The molecule has 2 saturated heterocycles. The molecule has 0 aliphatic carbocycles. The average molecular weight is 441 g/mol. The Morgan fingerprint density at radius 2 is 1.97 bits per heavy atom. The molecule has 166 valence electrons. The molecule has 0 radical (unpaired) electrons. The number of fused-ring (bicyclic) bond motifs is 1. The summed E-state index contributed by atoms with van der Waals surface area (Å²) in [6, 6.07) is 10.6. The van der Waals surface area contributed by atoms with Crippen molar-refractivity contribution in [2.24, 2.45) is 0 Å². The largest absolute Gasteiger partial charge is 0.484 e. The van der Waals surface area contributed by atoms with Gasteiger partial charge in [0.15, 0.2) is 0 Å². The number of nitriles is 1. The van der Waals surface area contributed by atoms with Crippen molar-refractivity contribution >= 4 is 11.0 Å². The summed E-state index contributed by atoms with van der Waals surface area (Å²) in [5, 5.41) is 18.7. The van der Waals surface area contributed by atoms with Crippen LogP contribution in [0.5, 0.6) is 5.75 Å². The number of pyridine rings is 1. The Bertz CT molecular complexity index is 1340. The summed E-state index contributed by atoms with van der Waals surface area (Å²) >= 11 is 0. The van der Waals surface area contributed by atoms with Gasteiger partial charge in [0.25, 0.3) is 0 Å². The molecule has 4 aromatic rings. The van der Waals surface area contributed by atoms with Gasteiger partial charge in [0, 0.05) is 40.7 Å². The van der Waals surface area contributed by atoms with Crippen LogP contribution in [0, 0.1) is 11.3 Å². The molecule has 0 saturated carbocycles. The van der Waals surface area contributed by atoms with Crippen molar-refractivity contribution in [3.8, 4) is 34.1 Å². The first-order chi connectivity index (χ1) is 16.3. The van der Waals surface area contributed by atoms with Gasteiger partial charge in [0.2, 0.25) is 0 Å². The zero-order valence-electron chi connectivity index (χ0n) is 18.1. The van der Waals surface area contributed by atoms with Crippen molar-refractivity contribution in [3.63, 3.8) is 0 Å². The van der Waals surface area contributed by atoms with Crippen molar-refractivity contribution in [1.82, 2.24) is 25.1 Å². The summed E-state index contributed by atoms with van der Waals surface area (Å²) < 4.78 is 13.1. The molecule has 3 aromatic heterocycles. The lowest BCUT2D eigenvalue weighted by Crippen LogP contribution is -2.38. The summed E-state index contributed by atoms with van der Waals surface area (Å²) in [4.78, 5) is 7.89. The predicted molar refractivity (Wildman–Crippen MR) is 124 cm³/mol. The molecular weight excluding hydrogens is 416 g/mol. The van der Waals surface area contributed by atoms with Gasteiger partial charge in [-0.2, -0.15) is 10.4 Å². The van der Waals surface area contributed by atoms with Crippen LogP contribution < -0.4 is 10.1 Å². The number of nitrogens with zero attached hydrogens (tertiary/aromatic N) is 4. The highest BCUT2D eigenvalue weighted by Gasteiger charge is 2.22. The molecule has 1 aromatic carbocycles. The smallest absolute Gasteiger partial charge is 0.145 e. The fraction of sp³-hybridized carbons (Fsp3) is 0.320. The molecule has 2 aliphatic rings. The van der Waals surface area contributed by atoms with Crippen LogP contribution >= 0.6 is 0 Å². The van der Waals surface area contributed by atoms with E-state index in [0.29, 0.717) is 30.6 Å². The number of rotatable bonds is 5. The molecular formula is C25H24N6O2. The quantitative estimate of drug-likeness (QED) is 0.491. The molecule has 0 amide bonds. The van der Waals surface area contributed by atoms with Crippen LogP contribution in [-0.2, 0) is 4.74 Å². The highest BCUT2D eigenvalue weighted by molar-refractivity contribution is 5.96. The van der Waals surface area contributed by atoms with Gasteiger partial charge in [-0.1, -0.05) is 6.07 Å². The van der Waals surface area contributed by atoms with Crippen LogP contribution in [0.4, 0.5) is 0 Å². The first-order valence-corrected chi connectivity index (χ1v) is 11.3. The van der Waals surface area contributed by atoms with Crippen molar-refractivity contribution in [2.75, 3.05) is 26.3 Å². The molecule has 6 rings (SSSR count). The number of aromatic nitrogens is 4. The molecule has 0 unspecified atom stereocenters. The maximum Gasteiger partial charge on any atom is 0.145 e. The molecule has 8 heteroatoms. The number of benzene rings is 1. The number of nitrogens with one attached hydrogen (secondary N) is 2. The van der Waals surface area contributed by atoms with Crippen LogP contribution in [0.2, 0.25) is 0 Å². The number of ether oxygens (including phenoxy) is 2. The SMILES string of the molecule is N#Cc1cc(-c2c[nH]c3ncc(-c4cnn(C5CCNCC5)c4)cc23)ccc1OC1COC1. The topological polar surface area (TPSA) is 101 Å². The molecule has 2 aliphatic heterocycles. The van der Waals surface area contributed by atoms with Gasteiger partial charge in [-0.05, 0) is 49.7 Å². The van der Waals surface area contributed by atoms with E-state index in [9.17, 15) is 5.26 Å². The number of aromatic amines is 1. The van der Waals surface area contributed by atoms with E-state index < -0.39 is 0 Å². The fourth-order valence-corrected chi connectivity index (χ4v) is 4.51. The Labute approximate surface area is 191 Å². The minimum Gasteiger partial charge on any atom is -0.484 e. The zero-order chi connectivity index (χ0) is 22.2. The van der Waals surface area contributed by atoms with Gasteiger partial charge >= 0.3 is 0 Å². The Balaban J connectivity index is 1.33. The van der Waals surface area contributed by atoms with Gasteiger partial charge in [-0.25, -0.2) is 4.98 Å². The first kappa shape index (κ1) is 20.0.